The van der Waals surface area contributed by atoms with Crippen LogP contribution in [0.25, 0.3) is 0 Å². The Hall–Kier alpha value is -0.900. The molecule has 0 spiro atoms. The smallest absolute Gasteiger partial charge is 0.0664 e. The van der Waals surface area contributed by atoms with E-state index in [1.165, 1.54) is 0 Å². The fraction of sp³-hybridized carbons (Fsp3) is 0.545. The Morgan fingerprint density at radius 3 is 2.87 bits per heavy atom. The van der Waals surface area contributed by atoms with E-state index in [0.717, 1.165) is 12.8 Å². The molecule has 1 aromatic rings. The second-order valence-electron chi connectivity index (χ2n) is 4.00. The summed E-state index contributed by atoms with van der Waals surface area (Å²) in [5.41, 5.74) is 6.23. The molecule has 1 unspecified atom stereocenters. The van der Waals surface area contributed by atoms with Gasteiger partial charge in [-0.2, -0.15) is 0 Å². The molecule has 0 saturated heterocycles. The van der Waals surface area contributed by atoms with Gasteiger partial charge in [0.05, 0.1) is 27.6 Å². The Bertz CT molecular complexity index is 339. The predicted molar refractivity (Wildman–Crippen MR) is 64.0 cm³/mol. The Balaban J connectivity index is 2.51. The summed E-state index contributed by atoms with van der Waals surface area (Å²) in [7, 11) is -0.976. The van der Waals surface area contributed by atoms with Crippen molar-refractivity contribution in [2.45, 2.75) is 31.6 Å². The number of hydrogen-bond acceptors (Lipinski definition) is 3. The molecule has 0 aromatic carbocycles. The zero-order chi connectivity index (χ0) is 11.3. The molecule has 1 atom stereocenters. The number of nitrogens with two attached hydrogens (primary N) is 1. The van der Waals surface area contributed by atoms with Crippen molar-refractivity contribution in [3.8, 4) is 0 Å². The van der Waals surface area contributed by atoms with Gasteiger partial charge in [0, 0.05) is 11.9 Å². The van der Waals surface area contributed by atoms with Crippen molar-refractivity contribution in [1.82, 2.24) is 4.98 Å². The molecule has 0 aliphatic heterocycles. The molecule has 0 amide bonds. The second kappa shape index (κ2) is 5.85. The van der Waals surface area contributed by atoms with E-state index >= 15 is 0 Å². The Kier molecular flexibility index (Phi) is 4.75. The van der Waals surface area contributed by atoms with Crippen LogP contribution in [0.3, 0.4) is 0 Å². The average molecular weight is 226 g/mol. The molecule has 0 fully saturated rings. The third-order valence-corrected chi connectivity index (χ3v) is 3.69. The summed E-state index contributed by atoms with van der Waals surface area (Å²) in [5, 5.41) is 0. The van der Waals surface area contributed by atoms with Gasteiger partial charge in [-0.25, -0.2) is 0 Å². The summed E-state index contributed by atoms with van der Waals surface area (Å²) in [6.07, 6.45) is 5.27. The molecule has 1 aromatic heterocycles. The molecule has 1 heterocycles. The largest absolute Gasteiger partial charge is 0.396 e. The van der Waals surface area contributed by atoms with Gasteiger partial charge in [0.1, 0.15) is 0 Å². The van der Waals surface area contributed by atoms with Gasteiger partial charge >= 0.3 is 0 Å². The fourth-order valence-corrected chi connectivity index (χ4v) is 2.51. The van der Waals surface area contributed by atoms with Crippen molar-refractivity contribution in [2.24, 2.45) is 5.92 Å². The van der Waals surface area contributed by atoms with Gasteiger partial charge in [-0.15, -0.1) is 0 Å². The van der Waals surface area contributed by atoms with Crippen LogP contribution in [-0.4, -0.2) is 14.9 Å². The Morgan fingerprint density at radius 2 is 2.27 bits per heavy atom. The number of aromatic nitrogens is 1. The molecule has 0 saturated carbocycles. The van der Waals surface area contributed by atoms with E-state index in [2.05, 4.69) is 18.8 Å². The number of pyridine rings is 1. The van der Waals surface area contributed by atoms with E-state index in [9.17, 15) is 4.21 Å². The van der Waals surface area contributed by atoms with Gasteiger partial charge in [-0.05, 0) is 18.4 Å². The SMILES string of the molecule is CC(C)CCCS(=O)c1ccncc1N. The number of nitrogens with zero attached hydrogens (tertiary/aromatic N) is 1. The van der Waals surface area contributed by atoms with Crippen molar-refractivity contribution in [3.05, 3.63) is 18.5 Å². The molecule has 2 N–H and O–H groups in total. The molecule has 0 aliphatic carbocycles. The van der Waals surface area contributed by atoms with Crippen LogP contribution in [-0.2, 0) is 10.8 Å². The number of rotatable bonds is 5. The maximum absolute atomic E-state index is 11.9. The summed E-state index contributed by atoms with van der Waals surface area (Å²) in [4.78, 5) is 4.59. The normalized spacial score (nSPS) is 13.0. The first kappa shape index (κ1) is 12.2. The van der Waals surface area contributed by atoms with E-state index in [1.807, 2.05) is 0 Å². The average Bonchev–Trinajstić information content (AvgIpc) is 2.17. The first-order chi connectivity index (χ1) is 7.11. The zero-order valence-electron chi connectivity index (χ0n) is 9.27. The highest BCUT2D eigenvalue weighted by molar-refractivity contribution is 7.85. The molecule has 15 heavy (non-hydrogen) atoms. The third-order valence-electron chi connectivity index (χ3n) is 2.17. The molecule has 0 bridgehead atoms. The number of anilines is 1. The van der Waals surface area contributed by atoms with Crippen molar-refractivity contribution >= 4 is 16.5 Å². The van der Waals surface area contributed by atoms with Gasteiger partial charge < -0.3 is 5.73 Å². The maximum atomic E-state index is 11.9. The van der Waals surface area contributed by atoms with E-state index in [0.29, 0.717) is 22.3 Å². The van der Waals surface area contributed by atoms with E-state index < -0.39 is 10.8 Å². The van der Waals surface area contributed by atoms with E-state index in [1.54, 1.807) is 18.5 Å². The van der Waals surface area contributed by atoms with Crippen molar-refractivity contribution in [1.29, 1.82) is 0 Å². The molecule has 4 heteroatoms. The Labute approximate surface area is 93.6 Å². The minimum atomic E-state index is -0.976. The lowest BCUT2D eigenvalue weighted by atomic mass is 10.1. The first-order valence-electron chi connectivity index (χ1n) is 5.19. The van der Waals surface area contributed by atoms with E-state index in [-0.39, 0.29) is 0 Å². The van der Waals surface area contributed by atoms with Crippen LogP contribution in [0.1, 0.15) is 26.7 Å². The monoisotopic (exact) mass is 226 g/mol. The summed E-state index contributed by atoms with van der Waals surface area (Å²) < 4.78 is 11.9. The quantitative estimate of drug-likeness (QED) is 0.837. The van der Waals surface area contributed by atoms with Gasteiger partial charge in [-0.3, -0.25) is 9.19 Å². The number of nitrogen functional groups attached to an aromatic ring is 1. The summed E-state index contributed by atoms with van der Waals surface area (Å²) >= 11 is 0. The van der Waals surface area contributed by atoms with Crippen LogP contribution in [0.5, 0.6) is 0 Å². The molecule has 0 radical (unpaired) electrons. The molecule has 1 rings (SSSR count). The minimum absolute atomic E-state index is 0.528. The molecule has 84 valence electrons. The second-order valence-corrected chi connectivity index (χ2v) is 5.54. The summed E-state index contributed by atoms with van der Waals surface area (Å²) in [6, 6.07) is 1.74. The van der Waals surface area contributed by atoms with Crippen LogP contribution in [0.4, 0.5) is 5.69 Å². The predicted octanol–water partition coefficient (Wildman–Crippen LogP) is 2.21. The number of hydrogen-bond donors (Lipinski definition) is 1. The highest BCUT2D eigenvalue weighted by atomic mass is 32.2. The molecular weight excluding hydrogens is 208 g/mol. The zero-order valence-corrected chi connectivity index (χ0v) is 10.1. The standard InChI is InChI=1S/C11H18N2OS/c1-9(2)4-3-7-15(14)11-5-6-13-8-10(11)12/h5-6,8-9H,3-4,7,12H2,1-2H3. The lowest BCUT2D eigenvalue weighted by Gasteiger charge is -2.06. The van der Waals surface area contributed by atoms with Gasteiger partial charge in [0.2, 0.25) is 0 Å². The topological polar surface area (TPSA) is 56.0 Å². The van der Waals surface area contributed by atoms with Crippen molar-refractivity contribution in [3.63, 3.8) is 0 Å². The van der Waals surface area contributed by atoms with Crippen LogP contribution < -0.4 is 5.73 Å². The molecular formula is C11H18N2OS. The first-order valence-corrected chi connectivity index (χ1v) is 6.51. The minimum Gasteiger partial charge on any atom is -0.396 e. The van der Waals surface area contributed by atoms with Gasteiger partial charge in [-0.1, -0.05) is 20.3 Å². The van der Waals surface area contributed by atoms with Crippen LogP contribution in [0, 0.1) is 5.92 Å². The summed E-state index contributed by atoms with van der Waals surface area (Å²) in [5.74, 6) is 1.35. The van der Waals surface area contributed by atoms with Crippen molar-refractivity contribution in [2.75, 3.05) is 11.5 Å². The lowest BCUT2D eigenvalue weighted by molar-refractivity contribution is 0.575. The molecule has 3 nitrogen and oxygen atoms in total. The highest BCUT2D eigenvalue weighted by Crippen LogP contribution is 2.15. The third kappa shape index (κ3) is 4.00. The van der Waals surface area contributed by atoms with Crippen LogP contribution in [0.15, 0.2) is 23.4 Å². The fourth-order valence-electron chi connectivity index (χ4n) is 1.33. The maximum Gasteiger partial charge on any atom is 0.0664 e. The Morgan fingerprint density at radius 1 is 1.53 bits per heavy atom. The lowest BCUT2D eigenvalue weighted by Crippen LogP contribution is -2.03. The van der Waals surface area contributed by atoms with Crippen LogP contribution in [0.2, 0.25) is 0 Å². The van der Waals surface area contributed by atoms with Gasteiger partial charge in [0.25, 0.3) is 0 Å². The van der Waals surface area contributed by atoms with Crippen LogP contribution >= 0.6 is 0 Å². The molecule has 0 aliphatic rings. The van der Waals surface area contributed by atoms with Crippen molar-refractivity contribution < 1.29 is 4.21 Å². The highest BCUT2D eigenvalue weighted by Gasteiger charge is 2.07. The van der Waals surface area contributed by atoms with Gasteiger partial charge in [0.15, 0.2) is 0 Å². The van der Waals surface area contributed by atoms with E-state index in [4.69, 9.17) is 5.73 Å². The summed E-state index contributed by atoms with van der Waals surface area (Å²) in [6.45, 7) is 4.34.